The summed E-state index contributed by atoms with van der Waals surface area (Å²) in [7, 11) is 0. The standard InChI is InChI=1S/C15H19ClN4O/c1-11-18-19-15(21-11)17-10-14(20-8-2-3-9-20)12-4-6-13(16)7-5-12/h4-7,14H,2-3,8-10H2,1H3,(H,17,19)/t14-/m0/s1. The van der Waals surface area contributed by atoms with Crippen molar-refractivity contribution in [2.45, 2.75) is 25.8 Å². The molecule has 1 fully saturated rings. The molecule has 6 heteroatoms. The minimum absolute atomic E-state index is 0.289. The molecule has 1 aliphatic rings. The summed E-state index contributed by atoms with van der Waals surface area (Å²) in [6.07, 6.45) is 2.51. The smallest absolute Gasteiger partial charge is 0.315 e. The highest BCUT2D eigenvalue weighted by Crippen LogP contribution is 2.26. The molecule has 1 N–H and O–H groups in total. The maximum absolute atomic E-state index is 5.99. The van der Waals surface area contributed by atoms with Crippen LogP contribution >= 0.6 is 11.6 Å². The first-order chi connectivity index (χ1) is 10.2. The van der Waals surface area contributed by atoms with Crippen molar-refractivity contribution >= 4 is 17.6 Å². The Kier molecular flexibility index (Phi) is 4.41. The molecule has 0 aliphatic carbocycles. The molecule has 1 aliphatic heterocycles. The fraction of sp³-hybridized carbons (Fsp3) is 0.467. The zero-order valence-electron chi connectivity index (χ0n) is 12.1. The SMILES string of the molecule is Cc1nnc(NC[C@@H](c2ccc(Cl)cc2)N2CCCC2)o1. The summed E-state index contributed by atoms with van der Waals surface area (Å²) in [5.41, 5.74) is 1.25. The lowest BCUT2D eigenvalue weighted by molar-refractivity contribution is 0.255. The first kappa shape index (κ1) is 14.4. The van der Waals surface area contributed by atoms with E-state index in [1.165, 1.54) is 18.4 Å². The van der Waals surface area contributed by atoms with Crippen LogP contribution in [0.2, 0.25) is 5.02 Å². The average molecular weight is 307 g/mol. The third kappa shape index (κ3) is 3.54. The number of hydrogen-bond donors (Lipinski definition) is 1. The van der Waals surface area contributed by atoms with E-state index in [4.69, 9.17) is 16.0 Å². The van der Waals surface area contributed by atoms with Gasteiger partial charge in [0.2, 0.25) is 5.89 Å². The van der Waals surface area contributed by atoms with Crippen LogP contribution in [0, 0.1) is 6.92 Å². The summed E-state index contributed by atoms with van der Waals surface area (Å²) in [6, 6.07) is 8.83. The van der Waals surface area contributed by atoms with Gasteiger partial charge in [0, 0.05) is 18.5 Å². The van der Waals surface area contributed by atoms with Crippen LogP contribution in [-0.2, 0) is 0 Å². The minimum Gasteiger partial charge on any atom is -0.408 e. The van der Waals surface area contributed by atoms with Gasteiger partial charge < -0.3 is 9.73 Å². The van der Waals surface area contributed by atoms with Crippen molar-refractivity contribution in [3.05, 3.63) is 40.7 Å². The van der Waals surface area contributed by atoms with Crippen LogP contribution in [0.15, 0.2) is 28.7 Å². The summed E-state index contributed by atoms with van der Waals surface area (Å²) in [6.45, 7) is 4.77. The molecule has 2 heterocycles. The number of hydrogen-bond acceptors (Lipinski definition) is 5. The molecule has 1 aromatic heterocycles. The lowest BCUT2D eigenvalue weighted by Crippen LogP contribution is -2.31. The van der Waals surface area contributed by atoms with Crippen molar-refractivity contribution in [2.75, 3.05) is 25.0 Å². The third-order valence-electron chi connectivity index (χ3n) is 3.81. The molecule has 112 valence electrons. The van der Waals surface area contributed by atoms with Crippen molar-refractivity contribution in [1.82, 2.24) is 15.1 Å². The van der Waals surface area contributed by atoms with Crippen molar-refractivity contribution in [3.8, 4) is 0 Å². The summed E-state index contributed by atoms with van der Waals surface area (Å²) < 4.78 is 5.38. The Morgan fingerprint density at radius 3 is 2.57 bits per heavy atom. The lowest BCUT2D eigenvalue weighted by atomic mass is 10.1. The molecule has 1 atom stereocenters. The molecule has 3 rings (SSSR count). The highest BCUT2D eigenvalue weighted by atomic mass is 35.5. The first-order valence-electron chi connectivity index (χ1n) is 7.26. The van der Waals surface area contributed by atoms with E-state index in [2.05, 4.69) is 32.5 Å². The normalized spacial score (nSPS) is 17.0. The molecule has 0 unspecified atom stereocenters. The highest BCUT2D eigenvalue weighted by Gasteiger charge is 2.23. The van der Waals surface area contributed by atoms with Crippen LogP contribution in [0.4, 0.5) is 6.01 Å². The van der Waals surface area contributed by atoms with E-state index >= 15 is 0 Å². The second kappa shape index (κ2) is 6.45. The molecule has 0 radical (unpaired) electrons. The first-order valence-corrected chi connectivity index (χ1v) is 7.63. The monoisotopic (exact) mass is 306 g/mol. The van der Waals surface area contributed by atoms with E-state index in [9.17, 15) is 0 Å². The van der Waals surface area contributed by atoms with Gasteiger partial charge in [0.15, 0.2) is 0 Å². The van der Waals surface area contributed by atoms with Gasteiger partial charge in [-0.25, -0.2) is 0 Å². The number of rotatable bonds is 5. The Morgan fingerprint density at radius 1 is 1.24 bits per heavy atom. The zero-order chi connectivity index (χ0) is 14.7. The molecular formula is C15H19ClN4O. The van der Waals surface area contributed by atoms with Crippen molar-refractivity contribution in [3.63, 3.8) is 0 Å². The van der Waals surface area contributed by atoms with Crippen LogP contribution in [0.5, 0.6) is 0 Å². The quantitative estimate of drug-likeness (QED) is 0.918. The molecule has 1 aromatic carbocycles. The largest absolute Gasteiger partial charge is 0.408 e. The second-order valence-corrected chi connectivity index (χ2v) is 5.75. The van der Waals surface area contributed by atoms with Gasteiger partial charge in [0.1, 0.15) is 0 Å². The van der Waals surface area contributed by atoms with Gasteiger partial charge in [0.05, 0.1) is 6.04 Å². The molecule has 2 aromatic rings. The Hall–Kier alpha value is -1.59. The average Bonchev–Trinajstić information content (AvgIpc) is 3.13. The minimum atomic E-state index is 0.289. The molecule has 5 nitrogen and oxygen atoms in total. The van der Waals surface area contributed by atoms with E-state index < -0.39 is 0 Å². The number of likely N-dealkylation sites (tertiary alicyclic amines) is 1. The molecular weight excluding hydrogens is 288 g/mol. The van der Waals surface area contributed by atoms with E-state index in [0.29, 0.717) is 11.9 Å². The van der Waals surface area contributed by atoms with E-state index in [1.807, 2.05) is 12.1 Å². The van der Waals surface area contributed by atoms with Crippen LogP contribution < -0.4 is 5.32 Å². The van der Waals surface area contributed by atoms with Gasteiger partial charge in [0.25, 0.3) is 0 Å². The van der Waals surface area contributed by atoms with Gasteiger partial charge in [-0.05, 0) is 43.6 Å². The van der Waals surface area contributed by atoms with E-state index in [0.717, 1.165) is 24.7 Å². The second-order valence-electron chi connectivity index (χ2n) is 5.32. The molecule has 0 bridgehead atoms. The number of halogens is 1. The van der Waals surface area contributed by atoms with Crippen LogP contribution in [0.3, 0.4) is 0 Å². The zero-order valence-corrected chi connectivity index (χ0v) is 12.8. The fourth-order valence-electron chi connectivity index (χ4n) is 2.75. The van der Waals surface area contributed by atoms with Crippen LogP contribution in [0.25, 0.3) is 0 Å². The molecule has 0 saturated carbocycles. The predicted molar refractivity (Wildman–Crippen MR) is 82.5 cm³/mol. The summed E-state index contributed by atoms with van der Waals surface area (Å²) in [5, 5.41) is 11.8. The van der Waals surface area contributed by atoms with Crippen molar-refractivity contribution in [2.24, 2.45) is 0 Å². The molecule has 0 amide bonds. The number of aromatic nitrogens is 2. The van der Waals surface area contributed by atoms with E-state index in [-0.39, 0.29) is 6.04 Å². The third-order valence-corrected chi connectivity index (χ3v) is 4.06. The number of nitrogens with zero attached hydrogens (tertiary/aromatic N) is 3. The van der Waals surface area contributed by atoms with Gasteiger partial charge in [-0.2, -0.15) is 0 Å². The molecule has 0 spiro atoms. The highest BCUT2D eigenvalue weighted by molar-refractivity contribution is 6.30. The van der Waals surface area contributed by atoms with E-state index in [1.54, 1.807) is 6.92 Å². The molecule has 21 heavy (non-hydrogen) atoms. The molecule has 1 saturated heterocycles. The maximum Gasteiger partial charge on any atom is 0.315 e. The number of aryl methyl sites for hydroxylation is 1. The summed E-state index contributed by atoms with van der Waals surface area (Å²) in [4.78, 5) is 2.49. The Labute approximate surface area is 129 Å². The number of nitrogens with one attached hydrogen (secondary N) is 1. The number of benzene rings is 1. The topological polar surface area (TPSA) is 54.2 Å². The van der Waals surface area contributed by atoms with Crippen molar-refractivity contribution < 1.29 is 4.42 Å². The number of anilines is 1. The van der Waals surface area contributed by atoms with Crippen LogP contribution in [-0.4, -0.2) is 34.7 Å². The lowest BCUT2D eigenvalue weighted by Gasteiger charge is -2.28. The fourth-order valence-corrected chi connectivity index (χ4v) is 2.87. The van der Waals surface area contributed by atoms with Gasteiger partial charge in [-0.1, -0.05) is 28.8 Å². The Morgan fingerprint density at radius 2 is 1.95 bits per heavy atom. The summed E-state index contributed by atoms with van der Waals surface area (Å²) in [5.74, 6) is 0.571. The Bertz CT molecular complexity index is 578. The summed E-state index contributed by atoms with van der Waals surface area (Å²) >= 11 is 5.99. The Balaban J connectivity index is 1.73. The van der Waals surface area contributed by atoms with Gasteiger partial charge in [-0.15, -0.1) is 5.10 Å². The predicted octanol–water partition coefficient (Wildman–Crippen LogP) is 3.28. The van der Waals surface area contributed by atoms with Crippen molar-refractivity contribution in [1.29, 1.82) is 0 Å². The van der Waals surface area contributed by atoms with Gasteiger partial charge in [-0.3, -0.25) is 4.90 Å². The van der Waals surface area contributed by atoms with Crippen LogP contribution in [0.1, 0.15) is 30.3 Å². The maximum atomic E-state index is 5.99. The van der Waals surface area contributed by atoms with Gasteiger partial charge >= 0.3 is 6.01 Å².